The van der Waals surface area contributed by atoms with E-state index >= 15 is 0 Å². The minimum Gasteiger partial charge on any atom is -0.309 e. The maximum absolute atomic E-state index is 5.20. The molecule has 0 fully saturated rings. The average Bonchev–Trinajstić information content (AvgIpc) is 3.83. The van der Waals surface area contributed by atoms with E-state index in [4.69, 9.17) is 4.98 Å². The van der Waals surface area contributed by atoms with Crippen LogP contribution in [0.3, 0.4) is 0 Å². The van der Waals surface area contributed by atoms with Gasteiger partial charge in [0.15, 0.2) is 5.65 Å². The Morgan fingerprint density at radius 1 is 0.449 bits per heavy atom. The second kappa shape index (κ2) is 10.1. The van der Waals surface area contributed by atoms with Gasteiger partial charge < -0.3 is 4.57 Å². The molecule has 4 aromatic heterocycles. The maximum atomic E-state index is 5.20. The van der Waals surface area contributed by atoms with E-state index in [-0.39, 0.29) is 0 Å². The third kappa shape index (κ3) is 3.92. The van der Waals surface area contributed by atoms with Crippen molar-refractivity contribution in [2.24, 2.45) is 0 Å². The number of hydrogen-bond donors (Lipinski definition) is 0. The fraction of sp³-hybridized carbons (Fsp3) is 0. The summed E-state index contributed by atoms with van der Waals surface area (Å²) in [5.74, 6) is 0. The Morgan fingerprint density at radius 3 is 1.73 bits per heavy atom. The largest absolute Gasteiger partial charge is 0.309 e. The summed E-state index contributed by atoms with van der Waals surface area (Å²) < 4.78 is 7.23. The van der Waals surface area contributed by atoms with Crippen LogP contribution in [0.2, 0.25) is 0 Å². The standard InChI is InChI=1S/C45H27N3S/c1-2-10-32-26-43-36(25-31(32)9-1)37-27-42(48-41-16-8-5-13-38(41)46-45(48)44(37)49-43)30-19-17-28(18-20-30)29-21-23-33(24-22-29)47-39-14-6-3-11-34(39)35-12-4-7-15-40(35)47/h1-27H. The molecule has 3 nitrogen and oxygen atoms in total. The third-order valence-electron chi connectivity index (χ3n) is 10.1. The molecule has 0 aliphatic rings. The number of nitrogens with zero attached hydrogens (tertiary/aromatic N) is 3. The Balaban J connectivity index is 1.05. The number of fused-ring (bicyclic) bond motifs is 11. The van der Waals surface area contributed by atoms with Gasteiger partial charge in [-0.25, -0.2) is 4.98 Å². The minimum absolute atomic E-state index is 1.01. The Hall–Kier alpha value is -6.23. The maximum Gasteiger partial charge on any atom is 0.156 e. The van der Waals surface area contributed by atoms with Crippen LogP contribution in [0.25, 0.3) is 97.5 Å². The number of aromatic nitrogens is 3. The molecule has 0 aliphatic heterocycles. The molecular weight excluding hydrogens is 615 g/mol. The zero-order valence-electron chi connectivity index (χ0n) is 26.3. The van der Waals surface area contributed by atoms with Crippen molar-refractivity contribution in [2.75, 3.05) is 0 Å². The first-order valence-corrected chi connectivity index (χ1v) is 17.4. The van der Waals surface area contributed by atoms with Crippen LogP contribution in [-0.4, -0.2) is 14.0 Å². The van der Waals surface area contributed by atoms with Gasteiger partial charge in [0.05, 0.1) is 32.5 Å². The van der Waals surface area contributed by atoms with E-state index in [1.165, 1.54) is 69.4 Å². The van der Waals surface area contributed by atoms with Crippen molar-refractivity contribution in [3.63, 3.8) is 0 Å². The molecule has 4 heterocycles. The molecule has 0 saturated heterocycles. The number of para-hydroxylation sites is 4. The molecule has 0 N–H and O–H groups in total. The van der Waals surface area contributed by atoms with Gasteiger partial charge in [0.2, 0.25) is 0 Å². The molecule has 0 unspecified atom stereocenters. The van der Waals surface area contributed by atoms with E-state index in [1.54, 1.807) is 0 Å². The van der Waals surface area contributed by atoms with Gasteiger partial charge in [0.25, 0.3) is 0 Å². The fourth-order valence-electron chi connectivity index (χ4n) is 7.78. The Morgan fingerprint density at radius 2 is 1.02 bits per heavy atom. The summed E-state index contributed by atoms with van der Waals surface area (Å²) in [6.07, 6.45) is 0. The Kier molecular flexibility index (Phi) is 5.54. The first-order valence-electron chi connectivity index (χ1n) is 16.6. The van der Waals surface area contributed by atoms with Crippen LogP contribution in [0.4, 0.5) is 0 Å². The predicted octanol–water partition coefficient (Wildman–Crippen LogP) is 12.4. The Labute approximate surface area is 285 Å². The van der Waals surface area contributed by atoms with Crippen molar-refractivity contribution in [1.82, 2.24) is 14.0 Å². The highest BCUT2D eigenvalue weighted by Gasteiger charge is 2.18. The number of thiophene rings is 1. The molecule has 0 spiro atoms. The van der Waals surface area contributed by atoms with Crippen LogP contribution in [-0.2, 0) is 0 Å². The van der Waals surface area contributed by atoms with Gasteiger partial charge in [-0.15, -0.1) is 11.3 Å². The van der Waals surface area contributed by atoms with Crippen LogP contribution in [0, 0.1) is 0 Å². The normalized spacial score (nSPS) is 12.1. The molecule has 0 atom stereocenters. The summed E-state index contributed by atoms with van der Waals surface area (Å²) >= 11 is 1.84. The number of imidazole rings is 1. The van der Waals surface area contributed by atoms with Gasteiger partial charge in [-0.3, -0.25) is 4.40 Å². The van der Waals surface area contributed by atoms with Gasteiger partial charge in [0, 0.05) is 31.9 Å². The van der Waals surface area contributed by atoms with Crippen LogP contribution >= 0.6 is 11.3 Å². The summed E-state index contributed by atoms with van der Waals surface area (Å²) in [4.78, 5) is 5.20. The number of hydrogen-bond acceptors (Lipinski definition) is 2. The van der Waals surface area contributed by atoms with Crippen molar-refractivity contribution < 1.29 is 0 Å². The molecule has 0 aliphatic carbocycles. The molecule has 7 aromatic carbocycles. The zero-order valence-corrected chi connectivity index (χ0v) is 27.2. The number of pyridine rings is 1. The SMILES string of the molecule is c1ccc2cc3c(cc2c1)sc1c3cc(-c2ccc(-c3ccc(-n4c5ccccc5c5ccccc54)cc3)cc2)n2c3ccccc3nc12. The van der Waals surface area contributed by atoms with Gasteiger partial charge in [-0.2, -0.15) is 0 Å². The second-order valence-corrected chi connectivity index (χ2v) is 13.9. The van der Waals surface area contributed by atoms with Gasteiger partial charge >= 0.3 is 0 Å². The molecular formula is C45H27N3S. The molecule has 4 heteroatoms. The molecule has 11 aromatic rings. The van der Waals surface area contributed by atoms with Crippen molar-refractivity contribution in [3.8, 4) is 28.1 Å². The number of benzene rings is 7. The fourth-order valence-corrected chi connectivity index (χ4v) is 8.98. The molecule has 11 rings (SSSR count). The van der Waals surface area contributed by atoms with E-state index in [0.29, 0.717) is 0 Å². The van der Waals surface area contributed by atoms with E-state index in [9.17, 15) is 0 Å². The summed E-state index contributed by atoms with van der Waals surface area (Å²) in [7, 11) is 0. The third-order valence-corrected chi connectivity index (χ3v) is 11.3. The highest BCUT2D eigenvalue weighted by molar-refractivity contribution is 7.26. The van der Waals surface area contributed by atoms with Crippen molar-refractivity contribution in [2.45, 2.75) is 0 Å². The molecule has 0 bridgehead atoms. The monoisotopic (exact) mass is 641 g/mol. The minimum atomic E-state index is 1.01. The summed E-state index contributed by atoms with van der Waals surface area (Å²) in [6, 6.07) is 59.5. The lowest BCUT2D eigenvalue weighted by molar-refractivity contribution is 1.18. The lowest BCUT2D eigenvalue weighted by atomic mass is 10.0. The summed E-state index contributed by atoms with van der Waals surface area (Å²) in [5.41, 5.74) is 11.5. The van der Waals surface area contributed by atoms with E-state index in [2.05, 4.69) is 173 Å². The number of rotatable bonds is 3. The predicted molar refractivity (Wildman–Crippen MR) is 208 cm³/mol. The van der Waals surface area contributed by atoms with E-state index in [0.717, 1.165) is 28.1 Å². The van der Waals surface area contributed by atoms with Crippen LogP contribution in [0.15, 0.2) is 164 Å². The Bertz CT molecular complexity index is 3030. The van der Waals surface area contributed by atoms with E-state index < -0.39 is 0 Å². The first kappa shape index (κ1) is 26.8. The van der Waals surface area contributed by atoms with Gasteiger partial charge in [-0.05, 0) is 82.1 Å². The van der Waals surface area contributed by atoms with Crippen molar-refractivity contribution >= 4 is 80.8 Å². The lowest BCUT2D eigenvalue weighted by Gasteiger charge is -2.11. The lowest BCUT2D eigenvalue weighted by Crippen LogP contribution is -1.94. The van der Waals surface area contributed by atoms with Gasteiger partial charge in [0.1, 0.15) is 0 Å². The quantitative estimate of drug-likeness (QED) is 0.188. The van der Waals surface area contributed by atoms with Gasteiger partial charge in [-0.1, -0.05) is 109 Å². The molecule has 228 valence electrons. The highest BCUT2D eigenvalue weighted by Crippen LogP contribution is 2.42. The molecule has 0 saturated carbocycles. The smallest absolute Gasteiger partial charge is 0.156 e. The van der Waals surface area contributed by atoms with Crippen LogP contribution < -0.4 is 0 Å². The summed E-state index contributed by atoms with van der Waals surface area (Å²) in [5, 5.41) is 7.63. The first-order chi connectivity index (χ1) is 24.3. The molecule has 0 amide bonds. The van der Waals surface area contributed by atoms with Crippen LogP contribution in [0.1, 0.15) is 0 Å². The molecule has 0 radical (unpaired) electrons. The highest BCUT2D eigenvalue weighted by atomic mass is 32.1. The second-order valence-electron chi connectivity index (χ2n) is 12.8. The van der Waals surface area contributed by atoms with Crippen LogP contribution in [0.5, 0.6) is 0 Å². The average molecular weight is 642 g/mol. The van der Waals surface area contributed by atoms with E-state index in [1.807, 2.05) is 11.3 Å². The zero-order chi connectivity index (χ0) is 32.1. The molecule has 49 heavy (non-hydrogen) atoms. The van der Waals surface area contributed by atoms with Crippen molar-refractivity contribution in [3.05, 3.63) is 164 Å². The summed E-state index contributed by atoms with van der Waals surface area (Å²) in [6.45, 7) is 0. The topological polar surface area (TPSA) is 22.2 Å². The van der Waals surface area contributed by atoms with Crippen molar-refractivity contribution in [1.29, 1.82) is 0 Å².